The average molecular weight is 296 g/mol. The van der Waals surface area contributed by atoms with Crippen LogP contribution in [-0.4, -0.2) is 47.4 Å². The molecule has 3 unspecified atom stereocenters. The Morgan fingerprint density at radius 1 is 1.38 bits per heavy atom. The van der Waals surface area contributed by atoms with Crippen molar-refractivity contribution < 1.29 is 19.1 Å². The van der Waals surface area contributed by atoms with Gasteiger partial charge in [-0.05, 0) is 40.5 Å². The first-order valence-corrected chi connectivity index (χ1v) is 7.60. The summed E-state index contributed by atoms with van der Waals surface area (Å²) in [4.78, 5) is 37.4. The van der Waals surface area contributed by atoms with E-state index in [2.05, 4.69) is 5.32 Å². The molecule has 3 atom stereocenters. The summed E-state index contributed by atoms with van der Waals surface area (Å²) in [5.41, 5.74) is -0.891. The second kappa shape index (κ2) is 5.75. The number of ether oxygens (including phenoxy) is 1. The van der Waals surface area contributed by atoms with Crippen LogP contribution in [0.15, 0.2) is 0 Å². The summed E-state index contributed by atoms with van der Waals surface area (Å²) < 4.78 is 5.12. The predicted molar refractivity (Wildman–Crippen MR) is 76.2 cm³/mol. The van der Waals surface area contributed by atoms with Gasteiger partial charge in [-0.15, -0.1) is 0 Å². The zero-order chi connectivity index (χ0) is 15.8. The molecule has 1 saturated carbocycles. The molecular weight excluding hydrogens is 272 g/mol. The van der Waals surface area contributed by atoms with Gasteiger partial charge in [-0.25, -0.2) is 0 Å². The summed E-state index contributed by atoms with van der Waals surface area (Å²) in [7, 11) is 0. The van der Waals surface area contributed by atoms with Gasteiger partial charge in [0, 0.05) is 12.6 Å². The Kier molecular flexibility index (Phi) is 4.37. The van der Waals surface area contributed by atoms with E-state index in [4.69, 9.17) is 4.74 Å². The molecule has 0 radical (unpaired) electrons. The second-order valence-corrected chi connectivity index (χ2v) is 6.38. The lowest BCUT2D eigenvalue weighted by atomic mass is 9.96. The van der Waals surface area contributed by atoms with E-state index < -0.39 is 5.54 Å². The highest BCUT2D eigenvalue weighted by Gasteiger charge is 2.58. The van der Waals surface area contributed by atoms with E-state index in [1.54, 1.807) is 13.8 Å². The third-order valence-corrected chi connectivity index (χ3v) is 4.13. The van der Waals surface area contributed by atoms with Gasteiger partial charge in [0.05, 0.1) is 18.4 Å². The van der Waals surface area contributed by atoms with E-state index in [1.807, 2.05) is 13.8 Å². The monoisotopic (exact) mass is 296 g/mol. The van der Waals surface area contributed by atoms with Crippen LogP contribution in [0.25, 0.3) is 0 Å². The Morgan fingerprint density at radius 3 is 2.43 bits per heavy atom. The maximum Gasteiger partial charge on any atom is 0.326 e. The number of likely N-dealkylation sites (tertiary alicyclic amines) is 1. The Bertz CT molecular complexity index is 443. The van der Waals surface area contributed by atoms with Gasteiger partial charge in [-0.3, -0.25) is 24.6 Å². The topological polar surface area (TPSA) is 75.7 Å². The molecule has 118 valence electrons. The zero-order valence-electron chi connectivity index (χ0n) is 13.1. The molecular formula is C15H24N2O4. The lowest BCUT2D eigenvalue weighted by molar-refractivity contribution is -0.152. The van der Waals surface area contributed by atoms with Crippen LogP contribution in [0.1, 0.15) is 40.5 Å². The molecule has 1 N–H and O–H groups in total. The highest BCUT2D eigenvalue weighted by atomic mass is 16.5. The number of carbonyl (C=O) groups excluding carboxylic acids is 3. The molecule has 1 aliphatic heterocycles. The quantitative estimate of drug-likeness (QED) is 0.553. The summed E-state index contributed by atoms with van der Waals surface area (Å²) in [6, 6.07) is 0.0952. The molecule has 2 fully saturated rings. The van der Waals surface area contributed by atoms with Gasteiger partial charge in [0.25, 0.3) is 0 Å². The van der Waals surface area contributed by atoms with E-state index in [-0.39, 0.29) is 42.2 Å². The molecule has 0 aromatic heterocycles. The van der Waals surface area contributed by atoms with E-state index in [1.165, 1.54) is 4.90 Å². The second-order valence-electron chi connectivity index (χ2n) is 6.38. The van der Waals surface area contributed by atoms with Gasteiger partial charge in [0.2, 0.25) is 11.8 Å². The molecule has 1 saturated heterocycles. The number of hydrogen-bond donors (Lipinski definition) is 1. The number of carbonyl (C=O) groups is 3. The maximum atomic E-state index is 12.2. The van der Waals surface area contributed by atoms with Crippen molar-refractivity contribution in [2.45, 2.75) is 52.1 Å². The normalized spacial score (nSPS) is 26.8. The van der Waals surface area contributed by atoms with Crippen molar-refractivity contribution in [3.8, 4) is 0 Å². The minimum Gasteiger partial charge on any atom is -0.465 e. The number of amides is 2. The van der Waals surface area contributed by atoms with Crippen LogP contribution in [0, 0.1) is 11.8 Å². The van der Waals surface area contributed by atoms with E-state index in [9.17, 15) is 14.4 Å². The largest absolute Gasteiger partial charge is 0.465 e. The summed E-state index contributed by atoms with van der Waals surface area (Å²) in [6.45, 7) is 7.97. The molecule has 0 spiro atoms. The van der Waals surface area contributed by atoms with Crippen LogP contribution in [0.3, 0.4) is 0 Å². The fourth-order valence-corrected chi connectivity index (χ4v) is 2.97. The molecule has 2 amide bonds. The van der Waals surface area contributed by atoms with Crippen molar-refractivity contribution in [3.63, 3.8) is 0 Å². The Balaban J connectivity index is 2.00. The van der Waals surface area contributed by atoms with Gasteiger partial charge < -0.3 is 4.74 Å². The highest BCUT2D eigenvalue weighted by Crippen LogP contribution is 2.47. The first-order valence-electron chi connectivity index (χ1n) is 7.60. The summed E-state index contributed by atoms with van der Waals surface area (Å²) >= 11 is 0. The predicted octanol–water partition coefficient (Wildman–Crippen LogP) is 0.701. The first kappa shape index (κ1) is 15.9. The molecule has 0 aromatic carbocycles. The van der Waals surface area contributed by atoms with Gasteiger partial charge in [-0.2, -0.15) is 0 Å². The Hall–Kier alpha value is -1.43. The molecule has 6 heteroatoms. The highest BCUT2D eigenvalue weighted by molar-refractivity contribution is 6.08. The molecule has 2 aliphatic rings. The van der Waals surface area contributed by atoms with E-state index in [0.717, 1.165) is 0 Å². The summed E-state index contributed by atoms with van der Waals surface area (Å²) in [6.07, 6.45) is 1.06. The number of esters is 1. The number of rotatable bonds is 7. The van der Waals surface area contributed by atoms with Gasteiger partial charge in [0.1, 0.15) is 5.54 Å². The lowest BCUT2D eigenvalue weighted by Crippen LogP contribution is -2.55. The standard InChI is InChI=1S/C15H24N2O4/c1-5-21-14(20)15(4,16-9(2)3)6-7-17-12(18)10-8-11(10)13(17)19/h9-11,16H,5-8H2,1-4H3. The number of imide groups is 1. The van der Waals surface area contributed by atoms with Crippen LogP contribution in [0.2, 0.25) is 0 Å². The average Bonchev–Trinajstić information content (AvgIpc) is 3.13. The zero-order valence-corrected chi connectivity index (χ0v) is 13.1. The fourth-order valence-electron chi connectivity index (χ4n) is 2.97. The number of hydrogen-bond acceptors (Lipinski definition) is 5. The van der Waals surface area contributed by atoms with Crippen molar-refractivity contribution in [2.75, 3.05) is 13.2 Å². The van der Waals surface area contributed by atoms with Crippen LogP contribution in [-0.2, 0) is 19.1 Å². The van der Waals surface area contributed by atoms with Crippen molar-refractivity contribution in [1.29, 1.82) is 0 Å². The summed E-state index contributed by atoms with van der Waals surface area (Å²) in [5.74, 6) is -0.696. The third-order valence-electron chi connectivity index (χ3n) is 4.13. The minimum absolute atomic E-state index is 0.0826. The van der Waals surface area contributed by atoms with Crippen LogP contribution >= 0.6 is 0 Å². The molecule has 0 bridgehead atoms. The van der Waals surface area contributed by atoms with Crippen LogP contribution in [0.5, 0.6) is 0 Å². The smallest absolute Gasteiger partial charge is 0.326 e. The molecule has 1 aliphatic carbocycles. The van der Waals surface area contributed by atoms with Crippen molar-refractivity contribution in [1.82, 2.24) is 10.2 Å². The Labute approximate surface area is 125 Å². The van der Waals surface area contributed by atoms with Crippen LogP contribution in [0.4, 0.5) is 0 Å². The SMILES string of the molecule is CCOC(=O)C(C)(CCN1C(=O)C2CC2C1=O)NC(C)C. The number of nitrogens with one attached hydrogen (secondary N) is 1. The molecule has 6 nitrogen and oxygen atoms in total. The number of fused-ring (bicyclic) bond motifs is 1. The van der Waals surface area contributed by atoms with Crippen molar-refractivity contribution in [2.24, 2.45) is 11.8 Å². The maximum absolute atomic E-state index is 12.2. The minimum atomic E-state index is -0.891. The van der Waals surface area contributed by atoms with Crippen molar-refractivity contribution in [3.05, 3.63) is 0 Å². The molecule has 1 heterocycles. The summed E-state index contributed by atoms with van der Waals surface area (Å²) in [5, 5.41) is 3.19. The number of piperidine rings is 1. The van der Waals surface area contributed by atoms with Gasteiger partial charge >= 0.3 is 5.97 Å². The van der Waals surface area contributed by atoms with E-state index >= 15 is 0 Å². The van der Waals surface area contributed by atoms with E-state index in [0.29, 0.717) is 19.4 Å². The van der Waals surface area contributed by atoms with Gasteiger partial charge in [0.15, 0.2) is 0 Å². The molecule has 0 aromatic rings. The Morgan fingerprint density at radius 2 is 1.95 bits per heavy atom. The first-order chi connectivity index (χ1) is 9.80. The lowest BCUT2D eigenvalue weighted by Gasteiger charge is -2.32. The molecule has 2 rings (SSSR count). The fraction of sp³-hybridized carbons (Fsp3) is 0.800. The van der Waals surface area contributed by atoms with Crippen molar-refractivity contribution >= 4 is 17.8 Å². The molecule has 21 heavy (non-hydrogen) atoms. The van der Waals surface area contributed by atoms with Crippen LogP contribution < -0.4 is 5.32 Å². The van der Waals surface area contributed by atoms with Gasteiger partial charge in [-0.1, -0.05) is 0 Å². The number of nitrogens with zero attached hydrogens (tertiary/aromatic N) is 1. The third kappa shape index (κ3) is 3.10.